The van der Waals surface area contributed by atoms with Crippen LogP contribution < -0.4 is 0 Å². The molecular formula is C43H44O7. The van der Waals surface area contributed by atoms with E-state index in [0.717, 1.165) is 62.1 Å². The van der Waals surface area contributed by atoms with Crippen molar-refractivity contribution in [3.05, 3.63) is 92.8 Å². The van der Waals surface area contributed by atoms with Crippen molar-refractivity contribution in [2.24, 2.45) is 22.7 Å². The number of Topliss-reactive ketones (excluding diaryl/α,β-unsaturated/α-hetero) is 3. The van der Waals surface area contributed by atoms with E-state index in [-0.39, 0.29) is 35.6 Å². The van der Waals surface area contributed by atoms with Crippen molar-refractivity contribution < 1.29 is 34.8 Å². The van der Waals surface area contributed by atoms with E-state index in [0.29, 0.717) is 11.1 Å². The highest BCUT2D eigenvalue weighted by molar-refractivity contribution is 6.24. The molecule has 4 atom stereocenters. The van der Waals surface area contributed by atoms with Gasteiger partial charge in [-0.05, 0) is 115 Å². The van der Waals surface area contributed by atoms with Gasteiger partial charge >= 0.3 is 0 Å². The Balaban J connectivity index is 1.41. The van der Waals surface area contributed by atoms with Crippen molar-refractivity contribution in [1.29, 1.82) is 0 Å². The monoisotopic (exact) mass is 672 g/mol. The van der Waals surface area contributed by atoms with Crippen LogP contribution in [0.5, 0.6) is 5.75 Å². The zero-order valence-electron chi connectivity index (χ0n) is 29.4. The molecule has 0 aromatic heterocycles. The number of phenolic OH excluding ortho intramolecular Hbond substituents is 1. The van der Waals surface area contributed by atoms with Crippen LogP contribution in [0.3, 0.4) is 0 Å². The molecule has 3 aromatic carbocycles. The van der Waals surface area contributed by atoms with Crippen LogP contribution >= 0.6 is 0 Å². The van der Waals surface area contributed by atoms with E-state index in [1.165, 1.54) is 22.3 Å². The fourth-order valence-corrected chi connectivity index (χ4v) is 10.7. The van der Waals surface area contributed by atoms with Gasteiger partial charge in [0.1, 0.15) is 22.8 Å². The number of aliphatic hydroxyl groups is 3. The Morgan fingerprint density at radius 3 is 1.94 bits per heavy atom. The quantitative estimate of drug-likeness (QED) is 0.211. The average molecular weight is 673 g/mol. The lowest BCUT2D eigenvalue weighted by atomic mass is 9.43. The summed E-state index contributed by atoms with van der Waals surface area (Å²) in [6.07, 6.45) is 6.41. The zero-order valence-corrected chi connectivity index (χ0v) is 29.4. The molecule has 50 heavy (non-hydrogen) atoms. The molecule has 8 rings (SSSR count). The molecule has 0 saturated heterocycles. The van der Waals surface area contributed by atoms with E-state index < -0.39 is 56.8 Å². The van der Waals surface area contributed by atoms with Crippen molar-refractivity contribution in [3.63, 3.8) is 0 Å². The van der Waals surface area contributed by atoms with Gasteiger partial charge in [-0.3, -0.25) is 14.4 Å². The minimum Gasteiger partial charge on any atom is -0.508 e. The number of hydrogen-bond acceptors (Lipinski definition) is 7. The summed E-state index contributed by atoms with van der Waals surface area (Å²) in [6.45, 7) is 8.25. The van der Waals surface area contributed by atoms with Crippen molar-refractivity contribution >= 4 is 23.1 Å². The number of carbonyl (C=O) groups excluding carboxylic acids is 3. The van der Waals surface area contributed by atoms with E-state index >= 15 is 0 Å². The fourth-order valence-electron chi connectivity index (χ4n) is 10.7. The van der Waals surface area contributed by atoms with Crippen LogP contribution in [-0.4, -0.2) is 43.4 Å². The molecule has 1 unspecified atom stereocenters. The number of ketones is 3. The minimum atomic E-state index is -2.65. The summed E-state index contributed by atoms with van der Waals surface area (Å²) in [7, 11) is 0. The number of aromatic hydroxyl groups is 1. The number of aryl methyl sites for hydroxylation is 4. The lowest BCUT2D eigenvalue weighted by molar-refractivity contribution is -0.178. The van der Waals surface area contributed by atoms with Crippen LogP contribution in [0.2, 0.25) is 0 Å². The summed E-state index contributed by atoms with van der Waals surface area (Å²) in [5, 5.41) is 48.6. The van der Waals surface area contributed by atoms with Gasteiger partial charge in [0.25, 0.3) is 0 Å². The van der Waals surface area contributed by atoms with Gasteiger partial charge in [0.2, 0.25) is 5.78 Å². The second kappa shape index (κ2) is 10.8. The van der Waals surface area contributed by atoms with Crippen molar-refractivity contribution in [2.75, 3.05) is 0 Å². The Bertz CT molecular complexity index is 2150. The second-order valence-corrected chi connectivity index (χ2v) is 16.3. The third-order valence-electron chi connectivity index (χ3n) is 12.8. The van der Waals surface area contributed by atoms with Crippen LogP contribution in [0.1, 0.15) is 87.3 Å². The highest BCUT2D eigenvalue weighted by Crippen LogP contribution is 2.65. The Labute approximate surface area is 292 Å². The van der Waals surface area contributed by atoms with Crippen LogP contribution in [-0.2, 0) is 46.5 Å². The maximum Gasteiger partial charge on any atom is 0.203 e. The number of hydrogen-bond donors (Lipinski definition) is 4. The van der Waals surface area contributed by atoms with E-state index in [9.17, 15) is 34.8 Å². The number of phenols is 1. The molecule has 0 amide bonds. The molecule has 0 bridgehead atoms. The number of benzene rings is 3. The molecule has 258 valence electrons. The number of aliphatic hydroxyl groups excluding tert-OH is 2. The van der Waals surface area contributed by atoms with Gasteiger partial charge in [-0.15, -0.1) is 0 Å². The minimum absolute atomic E-state index is 0.0574. The number of allylic oxidation sites excluding steroid dienone is 1. The van der Waals surface area contributed by atoms with Gasteiger partial charge in [0, 0.05) is 27.9 Å². The Morgan fingerprint density at radius 1 is 0.820 bits per heavy atom. The summed E-state index contributed by atoms with van der Waals surface area (Å²) >= 11 is 0. The standard InChI is InChI=1S/C43H44O7/c1-21(2)34-37(46)32(22(3)44)39(48)43(50)40(49)35-38(47)33-31(19-41(35,4)20-42(34,43)5)29(27-14-12-23-8-6-10-25(23)16-27)18-30(36(33)45)28-15-13-24-9-7-11-26(24)17-28/h12-18,21,34,45,47-48,50H,6-11,19-20H2,1-5H3/t34?,41-,42-,43+/m1/s1. The molecule has 1 fully saturated rings. The highest BCUT2D eigenvalue weighted by atomic mass is 16.3. The van der Waals surface area contributed by atoms with Crippen LogP contribution in [0.15, 0.2) is 59.4 Å². The van der Waals surface area contributed by atoms with Gasteiger partial charge in [-0.1, -0.05) is 64.1 Å². The summed E-state index contributed by atoms with van der Waals surface area (Å²) in [5.41, 5.74) is 3.13. The molecule has 0 radical (unpaired) electrons. The SMILES string of the molecule is CC(=O)C1=C(O)[C@]2(O)C(=O)C3=C(O)c4c(O)c(-c5ccc6c(c5)CCC6)cc(-c5ccc6c(c5)CCC6)c4C[C@]3(C)C[C@]2(C)C(C(C)C)C1=O. The summed E-state index contributed by atoms with van der Waals surface area (Å²) < 4.78 is 0. The summed E-state index contributed by atoms with van der Waals surface area (Å²) in [4.78, 5) is 41.6. The Kier molecular flexibility index (Phi) is 7.03. The number of fused-ring (bicyclic) bond motifs is 5. The third kappa shape index (κ3) is 4.16. The topological polar surface area (TPSA) is 132 Å². The maximum absolute atomic E-state index is 14.9. The van der Waals surface area contributed by atoms with Crippen molar-refractivity contribution in [2.45, 2.75) is 91.6 Å². The molecule has 0 aliphatic heterocycles. The molecule has 5 aliphatic carbocycles. The molecule has 7 nitrogen and oxygen atoms in total. The van der Waals surface area contributed by atoms with Gasteiger partial charge in [0.15, 0.2) is 17.2 Å². The van der Waals surface area contributed by atoms with Crippen molar-refractivity contribution in [3.8, 4) is 28.0 Å². The van der Waals surface area contributed by atoms with Gasteiger partial charge < -0.3 is 20.4 Å². The molecule has 0 spiro atoms. The molecule has 7 heteroatoms. The van der Waals surface area contributed by atoms with Crippen molar-refractivity contribution in [1.82, 2.24) is 0 Å². The lowest BCUT2D eigenvalue weighted by Crippen LogP contribution is -2.69. The Morgan fingerprint density at radius 2 is 1.38 bits per heavy atom. The highest BCUT2D eigenvalue weighted by Gasteiger charge is 2.72. The predicted molar refractivity (Wildman–Crippen MR) is 191 cm³/mol. The first-order valence-electron chi connectivity index (χ1n) is 18.0. The number of carbonyl (C=O) groups is 3. The van der Waals surface area contributed by atoms with Gasteiger partial charge in [-0.25, -0.2) is 0 Å². The lowest BCUT2D eigenvalue weighted by Gasteiger charge is -2.59. The molecule has 1 saturated carbocycles. The van der Waals surface area contributed by atoms with E-state index in [4.69, 9.17) is 0 Å². The molecular weight excluding hydrogens is 628 g/mol. The summed E-state index contributed by atoms with van der Waals surface area (Å²) in [6, 6.07) is 14.6. The smallest absolute Gasteiger partial charge is 0.203 e. The Hall–Kier alpha value is -4.49. The normalized spacial score (nSPS) is 28.4. The first kappa shape index (κ1) is 32.7. The van der Waals surface area contributed by atoms with Gasteiger partial charge in [-0.2, -0.15) is 0 Å². The summed E-state index contributed by atoms with van der Waals surface area (Å²) in [5.74, 6) is -5.18. The van der Waals surface area contributed by atoms with Gasteiger partial charge in [0.05, 0.1) is 5.56 Å². The van der Waals surface area contributed by atoms with Crippen LogP contribution in [0.25, 0.3) is 28.0 Å². The molecule has 5 aliphatic rings. The third-order valence-corrected chi connectivity index (χ3v) is 12.8. The van der Waals surface area contributed by atoms with E-state index in [1.807, 2.05) is 32.9 Å². The van der Waals surface area contributed by atoms with Crippen LogP contribution in [0.4, 0.5) is 0 Å². The van der Waals surface area contributed by atoms with E-state index in [1.54, 1.807) is 6.92 Å². The average Bonchev–Trinajstić information content (AvgIpc) is 3.71. The largest absolute Gasteiger partial charge is 0.508 e. The molecule has 0 heterocycles. The molecule has 3 aromatic rings. The number of rotatable bonds is 4. The first-order valence-corrected chi connectivity index (χ1v) is 18.0. The predicted octanol–water partition coefficient (Wildman–Crippen LogP) is 7.50. The van der Waals surface area contributed by atoms with E-state index in [2.05, 4.69) is 30.3 Å². The first-order chi connectivity index (χ1) is 23.6. The zero-order chi connectivity index (χ0) is 35.7. The molecule has 4 N–H and O–H groups in total. The maximum atomic E-state index is 14.9. The fraction of sp³-hybridized carbons (Fsp3) is 0.419. The van der Waals surface area contributed by atoms with Crippen LogP contribution in [0, 0.1) is 22.7 Å². The second-order valence-electron chi connectivity index (χ2n) is 16.3.